The molecule has 0 aliphatic heterocycles. The number of hydrogen-bond acceptors (Lipinski definition) is 3. The van der Waals surface area contributed by atoms with Crippen LogP contribution in [0.15, 0.2) is 24.3 Å². The Hall–Kier alpha value is -0.496. The Balaban J connectivity index is 2.29. The molecule has 3 atom stereocenters. The smallest absolute Gasteiger partial charge is 0.192 e. The van der Waals surface area contributed by atoms with Crippen molar-refractivity contribution in [2.24, 2.45) is 11.3 Å². The van der Waals surface area contributed by atoms with Crippen molar-refractivity contribution in [3.8, 4) is 0 Å². The molecule has 202 valence electrons. The quantitative estimate of drug-likeness (QED) is 0.163. The predicted octanol–water partition coefficient (Wildman–Crippen LogP) is 9.22. The normalized spacial score (nSPS) is 25.1. The Morgan fingerprint density at radius 2 is 1.57 bits per heavy atom. The van der Waals surface area contributed by atoms with Crippen LogP contribution < -0.4 is 0 Å². The molecule has 3 nitrogen and oxygen atoms in total. The first-order valence-corrected chi connectivity index (χ1v) is 19.9. The van der Waals surface area contributed by atoms with Crippen LogP contribution in [0.1, 0.15) is 99.8 Å². The molecule has 0 amide bonds. The van der Waals surface area contributed by atoms with E-state index < -0.39 is 16.6 Å². The van der Waals surface area contributed by atoms with Crippen molar-refractivity contribution in [2.45, 2.75) is 148 Å². The SMILES string of the molecule is C=C1C(=O)C[C@@H](O[Si](C)(C)C(C)(C)C)[C@@H]1/C=C/CC(O[Si](C)(C)C(C)(C)C)C1(CCC)CCCC1. The molecule has 2 aliphatic rings. The van der Waals surface area contributed by atoms with Crippen LogP contribution in [0.4, 0.5) is 0 Å². The molecule has 5 heteroatoms. The van der Waals surface area contributed by atoms with Crippen LogP contribution in [0.3, 0.4) is 0 Å². The first-order valence-electron chi connectivity index (χ1n) is 14.1. The molecule has 0 radical (unpaired) electrons. The minimum absolute atomic E-state index is 0.0177. The summed E-state index contributed by atoms with van der Waals surface area (Å²) in [5.41, 5.74) is 1.00. The summed E-state index contributed by atoms with van der Waals surface area (Å²) in [6.45, 7) is 29.6. The van der Waals surface area contributed by atoms with Gasteiger partial charge in [-0.05, 0) is 72.9 Å². The van der Waals surface area contributed by atoms with Gasteiger partial charge in [-0.25, -0.2) is 0 Å². The van der Waals surface area contributed by atoms with Gasteiger partial charge in [0.05, 0.1) is 12.2 Å². The summed E-state index contributed by atoms with van der Waals surface area (Å²) < 4.78 is 13.9. The Kier molecular flexibility index (Phi) is 9.73. The van der Waals surface area contributed by atoms with E-state index in [4.69, 9.17) is 8.85 Å². The number of Topliss-reactive ketones (excluding diaryl/α,β-unsaturated/α-hetero) is 1. The van der Waals surface area contributed by atoms with E-state index in [0.717, 1.165) is 12.0 Å². The predicted molar refractivity (Wildman–Crippen MR) is 156 cm³/mol. The number of hydrogen-bond donors (Lipinski definition) is 0. The summed E-state index contributed by atoms with van der Waals surface area (Å²) in [5.74, 6) is 0.145. The zero-order valence-corrected chi connectivity index (χ0v) is 27.0. The zero-order chi connectivity index (χ0) is 26.9. The van der Waals surface area contributed by atoms with Crippen molar-refractivity contribution in [3.63, 3.8) is 0 Å². The van der Waals surface area contributed by atoms with Crippen molar-refractivity contribution in [2.75, 3.05) is 0 Å². The molecule has 0 aromatic heterocycles. The van der Waals surface area contributed by atoms with E-state index in [9.17, 15) is 4.79 Å². The van der Waals surface area contributed by atoms with Crippen molar-refractivity contribution in [1.29, 1.82) is 0 Å². The van der Waals surface area contributed by atoms with Gasteiger partial charge < -0.3 is 8.85 Å². The summed E-state index contributed by atoms with van der Waals surface area (Å²) >= 11 is 0. The molecule has 2 fully saturated rings. The van der Waals surface area contributed by atoms with Gasteiger partial charge in [-0.1, -0.05) is 86.5 Å². The number of carbonyl (C=O) groups is 1. The molecule has 35 heavy (non-hydrogen) atoms. The maximum Gasteiger partial charge on any atom is 0.192 e. The Labute approximate surface area is 219 Å². The molecule has 0 aromatic rings. The van der Waals surface area contributed by atoms with Crippen LogP contribution in [0, 0.1) is 11.3 Å². The second-order valence-corrected chi connectivity index (χ2v) is 24.0. The van der Waals surface area contributed by atoms with E-state index in [1.807, 2.05) is 0 Å². The zero-order valence-electron chi connectivity index (χ0n) is 25.0. The maximum atomic E-state index is 12.7. The highest BCUT2D eigenvalue weighted by Crippen LogP contribution is 2.50. The topological polar surface area (TPSA) is 35.5 Å². The lowest BCUT2D eigenvalue weighted by atomic mass is 9.75. The maximum absolute atomic E-state index is 12.7. The van der Waals surface area contributed by atoms with Crippen LogP contribution in [0.5, 0.6) is 0 Å². The van der Waals surface area contributed by atoms with Crippen LogP contribution in [0.2, 0.25) is 36.3 Å². The van der Waals surface area contributed by atoms with Gasteiger partial charge >= 0.3 is 0 Å². The van der Waals surface area contributed by atoms with Gasteiger partial charge in [-0.2, -0.15) is 0 Å². The van der Waals surface area contributed by atoms with Gasteiger partial charge in [0, 0.05) is 12.3 Å². The molecule has 0 aromatic carbocycles. The average molecular weight is 521 g/mol. The largest absolute Gasteiger partial charge is 0.413 e. The Morgan fingerprint density at radius 3 is 2.06 bits per heavy atom. The summed E-state index contributed by atoms with van der Waals surface area (Å²) in [6.07, 6.45) is 13.7. The summed E-state index contributed by atoms with van der Waals surface area (Å²) in [5, 5.41) is 0.306. The first-order chi connectivity index (χ1) is 15.9. The van der Waals surface area contributed by atoms with Crippen LogP contribution in [-0.2, 0) is 13.6 Å². The molecule has 0 bridgehead atoms. The molecular weight excluding hydrogens is 464 g/mol. The van der Waals surface area contributed by atoms with Gasteiger partial charge in [0.25, 0.3) is 0 Å². The minimum Gasteiger partial charge on any atom is -0.413 e. The van der Waals surface area contributed by atoms with Crippen molar-refractivity contribution in [1.82, 2.24) is 0 Å². The second-order valence-electron chi connectivity index (χ2n) is 14.4. The second kappa shape index (κ2) is 11.1. The number of rotatable bonds is 10. The van der Waals surface area contributed by atoms with Gasteiger partial charge in [-0.15, -0.1) is 0 Å². The van der Waals surface area contributed by atoms with Crippen LogP contribution in [0.25, 0.3) is 0 Å². The van der Waals surface area contributed by atoms with E-state index in [0.29, 0.717) is 6.42 Å². The number of ketones is 1. The Morgan fingerprint density at radius 1 is 1.03 bits per heavy atom. The summed E-state index contributed by atoms with van der Waals surface area (Å²) in [6, 6.07) is 0. The Bertz CT molecular complexity index is 776. The van der Waals surface area contributed by atoms with Crippen molar-refractivity contribution < 1.29 is 13.6 Å². The third kappa shape index (κ3) is 7.09. The van der Waals surface area contributed by atoms with E-state index in [1.54, 1.807) is 0 Å². The van der Waals surface area contributed by atoms with E-state index in [-0.39, 0.29) is 39.4 Å². The number of carbonyl (C=O) groups excluding carboxylic acids is 1. The van der Waals surface area contributed by atoms with E-state index >= 15 is 0 Å². The molecule has 2 rings (SSSR count). The van der Waals surface area contributed by atoms with Crippen molar-refractivity contribution >= 4 is 22.4 Å². The molecule has 2 saturated carbocycles. The van der Waals surface area contributed by atoms with Crippen molar-refractivity contribution in [3.05, 3.63) is 24.3 Å². The molecule has 0 spiro atoms. The molecule has 2 aliphatic carbocycles. The van der Waals surface area contributed by atoms with Gasteiger partial charge in [0.1, 0.15) is 0 Å². The van der Waals surface area contributed by atoms with Gasteiger partial charge in [-0.3, -0.25) is 4.79 Å². The third-order valence-electron chi connectivity index (χ3n) is 9.77. The minimum atomic E-state index is -1.98. The van der Waals surface area contributed by atoms with Gasteiger partial charge in [0.15, 0.2) is 22.4 Å². The standard InChI is InChI=1S/C30H56O3Si2/c1-13-19-30(20-14-15-21-30)27(33-35(11,12)29(6,7)8)18-16-17-24-23(2)25(31)22-26(24)32-34(9,10)28(3,4)5/h16-17,24,26-27H,2,13-15,18-22H2,1,3-12H3/b17-16+/t24-,26-,27?/m1/s1. The molecule has 0 N–H and O–H groups in total. The van der Waals surface area contributed by atoms with E-state index in [1.165, 1.54) is 38.5 Å². The third-order valence-corrected chi connectivity index (χ3v) is 18.8. The average Bonchev–Trinajstić information content (AvgIpc) is 3.26. The lowest BCUT2D eigenvalue weighted by Crippen LogP contribution is -2.48. The fourth-order valence-corrected chi connectivity index (χ4v) is 8.13. The monoisotopic (exact) mass is 520 g/mol. The lowest BCUT2D eigenvalue weighted by Gasteiger charge is -2.46. The highest BCUT2D eigenvalue weighted by Gasteiger charge is 2.47. The molecule has 0 saturated heterocycles. The van der Waals surface area contributed by atoms with Crippen LogP contribution in [-0.4, -0.2) is 34.6 Å². The first kappa shape index (κ1) is 30.7. The summed E-state index contributed by atoms with van der Waals surface area (Å²) in [7, 11) is -3.88. The highest BCUT2D eigenvalue weighted by atomic mass is 28.4. The molecule has 0 heterocycles. The van der Waals surface area contributed by atoms with Crippen LogP contribution >= 0.6 is 0 Å². The highest BCUT2D eigenvalue weighted by molar-refractivity contribution is 6.74. The molecule has 1 unspecified atom stereocenters. The van der Waals surface area contributed by atoms with Gasteiger partial charge in [0.2, 0.25) is 0 Å². The van der Waals surface area contributed by atoms with E-state index in [2.05, 4.69) is 93.4 Å². The molecular formula is C30H56O3Si2. The fraction of sp³-hybridized carbons (Fsp3) is 0.833. The fourth-order valence-electron chi connectivity index (χ4n) is 5.38. The lowest BCUT2D eigenvalue weighted by molar-refractivity contribution is -0.115. The summed E-state index contributed by atoms with van der Waals surface area (Å²) in [4.78, 5) is 12.7.